The van der Waals surface area contributed by atoms with Gasteiger partial charge in [0.15, 0.2) is 6.61 Å². The van der Waals surface area contributed by atoms with E-state index >= 15 is 0 Å². The van der Waals surface area contributed by atoms with Gasteiger partial charge in [0.1, 0.15) is 11.3 Å². The first-order valence-electron chi connectivity index (χ1n) is 10.1. The Morgan fingerprint density at radius 3 is 2.73 bits per heavy atom. The summed E-state index contributed by atoms with van der Waals surface area (Å²) >= 11 is 6.21. The maximum atomic E-state index is 12.4. The van der Waals surface area contributed by atoms with Crippen LogP contribution in [0.4, 0.5) is 5.69 Å². The molecular formula is C23H25ClN4O2. The van der Waals surface area contributed by atoms with Gasteiger partial charge in [-0.3, -0.25) is 9.78 Å². The van der Waals surface area contributed by atoms with Gasteiger partial charge in [-0.1, -0.05) is 29.8 Å². The van der Waals surface area contributed by atoms with Crippen molar-refractivity contribution < 1.29 is 9.53 Å². The number of carbonyl (C=O) groups is 1. The molecule has 1 aliphatic rings. The van der Waals surface area contributed by atoms with Crippen LogP contribution in [0.2, 0.25) is 5.02 Å². The van der Waals surface area contributed by atoms with Gasteiger partial charge in [0, 0.05) is 50.0 Å². The monoisotopic (exact) mass is 424 g/mol. The van der Waals surface area contributed by atoms with E-state index in [1.54, 1.807) is 18.3 Å². The highest BCUT2D eigenvalue weighted by Crippen LogP contribution is 2.29. The van der Waals surface area contributed by atoms with Crippen LogP contribution in [0, 0.1) is 0 Å². The topological polar surface area (TPSA) is 57.7 Å². The molecule has 0 radical (unpaired) electrons. The second kappa shape index (κ2) is 9.32. The number of benzene rings is 2. The number of pyridine rings is 1. The number of hydrogen-bond acceptors (Lipinski definition) is 5. The maximum absolute atomic E-state index is 12.4. The van der Waals surface area contributed by atoms with Crippen LogP contribution in [-0.4, -0.2) is 55.6 Å². The average molecular weight is 425 g/mol. The van der Waals surface area contributed by atoms with Crippen LogP contribution < -0.4 is 15.0 Å². The Kier molecular flexibility index (Phi) is 6.35. The molecule has 1 fully saturated rings. The standard InChI is InChI=1S/C23H25ClN4O2/c1-27-11-13-28(14-12-27)20-7-3-2-5-17(20)15-26-22(29)16-30-21-9-8-19(24)18-6-4-10-25-23(18)21/h2-10H,11-16H2,1H3,(H,26,29). The molecule has 1 aromatic heterocycles. The lowest BCUT2D eigenvalue weighted by molar-refractivity contribution is -0.123. The van der Waals surface area contributed by atoms with E-state index in [9.17, 15) is 4.79 Å². The molecule has 0 aliphatic carbocycles. The predicted molar refractivity (Wildman–Crippen MR) is 120 cm³/mol. The second-order valence-corrected chi connectivity index (χ2v) is 7.84. The van der Waals surface area contributed by atoms with E-state index in [2.05, 4.69) is 39.3 Å². The number of rotatable bonds is 6. The van der Waals surface area contributed by atoms with Crippen LogP contribution in [0.3, 0.4) is 0 Å². The highest BCUT2D eigenvalue weighted by atomic mass is 35.5. The number of amides is 1. The fourth-order valence-electron chi connectivity index (χ4n) is 3.63. The Hall–Kier alpha value is -2.83. The van der Waals surface area contributed by atoms with E-state index in [1.807, 2.05) is 24.3 Å². The van der Waals surface area contributed by atoms with Crippen molar-refractivity contribution in [1.29, 1.82) is 0 Å². The number of nitrogens with zero attached hydrogens (tertiary/aromatic N) is 3. The van der Waals surface area contributed by atoms with Crippen LogP contribution in [0.1, 0.15) is 5.56 Å². The lowest BCUT2D eigenvalue weighted by Gasteiger charge is -2.35. The number of ether oxygens (including phenoxy) is 1. The molecule has 0 saturated carbocycles. The van der Waals surface area contributed by atoms with Gasteiger partial charge in [-0.15, -0.1) is 0 Å². The largest absolute Gasteiger partial charge is 0.481 e. The Morgan fingerprint density at radius 1 is 1.10 bits per heavy atom. The van der Waals surface area contributed by atoms with E-state index < -0.39 is 0 Å². The number of aromatic nitrogens is 1. The summed E-state index contributed by atoms with van der Waals surface area (Å²) in [6.07, 6.45) is 1.68. The normalized spacial score (nSPS) is 14.7. The zero-order chi connectivity index (χ0) is 20.9. The molecule has 4 rings (SSSR count). The molecule has 156 valence electrons. The Balaban J connectivity index is 1.37. The smallest absolute Gasteiger partial charge is 0.258 e. The van der Waals surface area contributed by atoms with E-state index in [0.717, 1.165) is 37.1 Å². The van der Waals surface area contributed by atoms with Crippen LogP contribution in [0.15, 0.2) is 54.7 Å². The minimum absolute atomic E-state index is 0.0794. The zero-order valence-corrected chi connectivity index (χ0v) is 17.7. The quantitative estimate of drug-likeness (QED) is 0.657. The molecule has 0 unspecified atom stereocenters. The molecule has 1 aliphatic heterocycles. The number of para-hydroxylation sites is 1. The molecule has 1 saturated heterocycles. The number of carbonyl (C=O) groups excluding carboxylic acids is 1. The number of anilines is 1. The minimum atomic E-state index is -0.179. The molecule has 7 heteroatoms. The van der Waals surface area contributed by atoms with Gasteiger partial charge in [-0.2, -0.15) is 0 Å². The van der Waals surface area contributed by atoms with Gasteiger partial charge in [0.05, 0.1) is 5.02 Å². The first-order chi connectivity index (χ1) is 14.6. The maximum Gasteiger partial charge on any atom is 0.258 e. The predicted octanol–water partition coefficient (Wildman–Crippen LogP) is 3.34. The van der Waals surface area contributed by atoms with Crippen LogP contribution in [0.5, 0.6) is 5.75 Å². The van der Waals surface area contributed by atoms with Crippen molar-refractivity contribution in [3.63, 3.8) is 0 Å². The van der Waals surface area contributed by atoms with Gasteiger partial charge in [0.2, 0.25) is 0 Å². The van der Waals surface area contributed by atoms with Crippen molar-refractivity contribution in [2.24, 2.45) is 0 Å². The van der Waals surface area contributed by atoms with E-state index in [-0.39, 0.29) is 12.5 Å². The van der Waals surface area contributed by atoms with Crippen molar-refractivity contribution >= 4 is 34.1 Å². The molecule has 2 aromatic carbocycles. The number of fused-ring (bicyclic) bond motifs is 1. The summed E-state index contributed by atoms with van der Waals surface area (Å²) in [4.78, 5) is 21.5. The molecule has 6 nitrogen and oxygen atoms in total. The second-order valence-electron chi connectivity index (χ2n) is 7.43. The fraction of sp³-hybridized carbons (Fsp3) is 0.304. The Labute approximate surface area is 181 Å². The van der Waals surface area contributed by atoms with E-state index in [0.29, 0.717) is 22.8 Å². The number of piperazine rings is 1. The first kappa shape index (κ1) is 20.4. The third kappa shape index (κ3) is 4.66. The Morgan fingerprint density at radius 2 is 1.90 bits per heavy atom. The first-order valence-corrected chi connectivity index (χ1v) is 10.4. The van der Waals surface area contributed by atoms with Gasteiger partial charge in [-0.25, -0.2) is 0 Å². The SMILES string of the molecule is CN1CCN(c2ccccc2CNC(=O)COc2ccc(Cl)c3cccnc23)CC1. The van der Waals surface area contributed by atoms with Gasteiger partial charge in [0.25, 0.3) is 5.91 Å². The summed E-state index contributed by atoms with van der Waals surface area (Å²) in [5.41, 5.74) is 2.94. The van der Waals surface area contributed by atoms with Crippen LogP contribution in [0.25, 0.3) is 10.9 Å². The summed E-state index contributed by atoms with van der Waals surface area (Å²) < 4.78 is 5.73. The summed E-state index contributed by atoms with van der Waals surface area (Å²) in [7, 11) is 2.14. The van der Waals surface area contributed by atoms with Crippen molar-refractivity contribution in [3.8, 4) is 5.75 Å². The lowest BCUT2D eigenvalue weighted by Crippen LogP contribution is -2.45. The fourth-order valence-corrected chi connectivity index (χ4v) is 3.85. The van der Waals surface area contributed by atoms with Gasteiger partial charge >= 0.3 is 0 Å². The Bertz CT molecular complexity index is 1030. The summed E-state index contributed by atoms with van der Waals surface area (Å²) in [5.74, 6) is 0.366. The molecule has 3 aromatic rings. The number of nitrogens with one attached hydrogen (secondary N) is 1. The number of hydrogen-bond donors (Lipinski definition) is 1. The van der Waals surface area contributed by atoms with Crippen molar-refractivity contribution in [3.05, 3.63) is 65.3 Å². The van der Waals surface area contributed by atoms with Gasteiger partial charge < -0.3 is 19.9 Å². The van der Waals surface area contributed by atoms with Crippen molar-refractivity contribution in [1.82, 2.24) is 15.2 Å². The lowest BCUT2D eigenvalue weighted by atomic mass is 10.1. The molecule has 0 spiro atoms. The third-order valence-corrected chi connectivity index (χ3v) is 5.68. The number of likely N-dealkylation sites (N-methyl/N-ethyl adjacent to an activating group) is 1. The third-order valence-electron chi connectivity index (χ3n) is 5.35. The minimum Gasteiger partial charge on any atom is -0.481 e. The highest BCUT2D eigenvalue weighted by molar-refractivity contribution is 6.35. The van der Waals surface area contributed by atoms with E-state index in [1.165, 1.54) is 5.69 Å². The van der Waals surface area contributed by atoms with Crippen LogP contribution in [-0.2, 0) is 11.3 Å². The molecule has 0 bridgehead atoms. The summed E-state index contributed by atoms with van der Waals surface area (Å²) in [6, 6.07) is 15.4. The summed E-state index contributed by atoms with van der Waals surface area (Å²) in [6.45, 7) is 4.44. The molecule has 0 atom stereocenters. The summed E-state index contributed by atoms with van der Waals surface area (Å²) in [5, 5.41) is 4.38. The van der Waals surface area contributed by atoms with Gasteiger partial charge in [-0.05, 0) is 42.9 Å². The van der Waals surface area contributed by atoms with Crippen molar-refractivity contribution in [2.45, 2.75) is 6.54 Å². The molecule has 1 amide bonds. The molecule has 1 N–H and O–H groups in total. The average Bonchev–Trinajstić information content (AvgIpc) is 2.78. The molecule has 30 heavy (non-hydrogen) atoms. The zero-order valence-electron chi connectivity index (χ0n) is 17.0. The number of halogens is 1. The highest BCUT2D eigenvalue weighted by Gasteiger charge is 2.17. The van der Waals surface area contributed by atoms with E-state index in [4.69, 9.17) is 16.3 Å². The van der Waals surface area contributed by atoms with Crippen LogP contribution >= 0.6 is 11.6 Å². The molecule has 2 heterocycles. The van der Waals surface area contributed by atoms with Crippen molar-refractivity contribution in [2.75, 3.05) is 44.7 Å². The molecular weight excluding hydrogens is 400 g/mol.